The fourth-order valence-corrected chi connectivity index (χ4v) is 2.90. The van der Waals surface area contributed by atoms with E-state index in [2.05, 4.69) is 9.97 Å². The normalized spacial score (nSPS) is 13.6. The van der Waals surface area contributed by atoms with Crippen LogP contribution in [0.25, 0.3) is 11.0 Å². The molecule has 0 aliphatic heterocycles. The molecule has 3 rings (SSSR count). The first-order valence-corrected chi connectivity index (χ1v) is 8.50. The molecule has 33 heavy (non-hydrogen) atoms. The third-order valence-electron chi connectivity index (χ3n) is 4.48. The number of nitrogens with one attached hydrogen (secondary N) is 1. The highest BCUT2D eigenvalue weighted by molar-refractivity contribution is 5.83. The van der Waals surface area contributed by atoms with Crippen molar-refractivity contribution in [2.24, 2.45) is 0 Å². The Morgan fingerprint density at radius 2 is 1.09 bits per heavy atom. The van der Waals surface area contributed by atoms with Crippen LogP contribution in [0.3, 0.4) is 0 Å². The van der Waals surface area contributed by atoms with Gasteiger partial charge in [-0.05, 0) is 30.3 Å². The topological polar surface area (TPSA) is 31.9 Å². The van der Waals surface area contributed by atoms with Crippen molar-refractivity contribution in [3.05, 3.63) is 52.6 Å². The molecule has 3 nitrogen and oxygen atoms in total. The lowest BCUT2D eigenvalue weighted by atomic mass is 10.1. The maximum Gasteiger partial charge on any atom is 0.418 e. The number of fused-ring (bicyclic) bond motifs is 1. The molecule has 3 aromatic rings. The minimum atomic E-state index is -5.29. The highest BCUT2D eigenvalue weighted by atomic mass is 19.4. The Labute approximate surface area is 175 Å². The van der Waals surface area contributed by atoms with Gasteiger partial charge in [0.1, 0.15) is 5.52 Å². The summed E-state index contributed by atoms with van der Waals surface area (Å²) in [7, 11) is 0.880. The predicted octanol–water partition coefficient (Wildman–Crippen LogP) is 7.41. The Kier molecular flexibility index (Phi) is 5.53. The van der Waals surface area contributed by atoms with E-state index in [1.807, 2.05) is 0 Å². The lowest BCUT2D eigenvalue weighted by molar-refractivity contribution is -0.144. The van der Waals surface area contributed by atoms with Gasteiger partial charge in [0.05, 0.1) is 27.8 Å². The SMILES string of the molecule is CN(c1cc(C(F)(F)F)cc(C(F)(F)F)c1)c1nc2c(C(F)(F)F)cc(C(F)(F)F)cc2[nH]1. The molecule has 0 spiro atoms. The van der Waals surface area contributed by atoms with Crippen molar-refractivity contribution in [3.63, 3.8) is 0 Å². The number of hydrogen-bond donors (Lipinski definition) is 1. The number of aromatic nitrogens is 2. The largest absolute Gasteiger partial charge is 0.418 e. The molecule has 0 saturated heterocycles. The quantitative estimate of drug-likeness (QED) is 0.376. The van der Waals surface area contributed by atoms with Gasteiger partial charge in [0.25, 0.3) is 0 Å². The number of alkyl halides is 12. The van der Waals surface area contributed by atoms with Crippen molar-refractivity contribution >= 4 is 22.7 Å². The molecule has 15 heteroatoms. The molecule has 1 heterocycles. The van der Waals surface area contributed by atoms with Crippen LogP contribution in [0.1, 0.15) is 22.3 Å². The van der Waals surface area contributed by atoms with Gasteiger partial charge in [-0.15, -0.1) is 0 Å². The van der Waals surface area contributed by atoms with Gasteiger partial charge in [0, 0.05) is 12.7 Å². The van der Waals surface area contributed by atoms with Crippen LogP contribution in [0.2, 0.25) is 0 Å². The van der Waals surface area contributed by atoms with Crippen LogP contribution < -0.4 is 4.90 Å². The van der Waals surface area contributed by atoms with E-state index in [-0.39, 0.29) is 24.3 Å². The average molecular weight is 495 g/mol. The Hall–Kier alpha value is -3.13. The molecule has 0 bridgehead atoms. The fraction of sp³-hybridized carbons (Fsp3) is 0.278. The van der Waals surface area contributed by atoms with Crippen molar-refractivity contribution in [2.75, 3.05) is 11.9 Å². The number of nitrogens with zero attached hydrogens (tertiary/aromatic N) is 2. The van der Waals surface area contributed by atoms with Gasteiger partial charge < -0.3 is 9.88 Å². The third kappa shape index (κ3) is 4.95. The summed E-state index contributed by atoms with van der Waals surface area (Å²) in [6.07, 6.45) is -20.9. The Morgan fingerprint density at radius 3 is 1.52 bits per heavy atom. The van der Waals surface area contributed by atoms with Gasteiger partial charge in [0.2, 0.25) is 5.95 Å². The summed E-state index contributed by atoms with van der Waals surface area (Å²) in [5.74, 6) is -0.720. The molecule has 0 fully saturated rings. The zero-order valence-corrected chi connectivity index (χ0v) is 15.8. The summed E-state index contributed by atoms with van der Waals surface area (Å²) in [6, 6.07) is 0.511. The molecule has 0 saturated carbocycles. The predicted molar refractivity (Wildman–Crippen MR) is 90.6 cm³/mol. The van der Waals surface area contributed by atoms with E-state index in [0.29, 0.717) is 11.0 Å². The van der Waals surface area contributed by atoms with Crippen LogP contribution in [0.4, 0.5) is 64.3 Å². The smallest absolute Gasteiger partial charge is 0.324 e. The van der Waals surface area contributed by atoms with Crippen LogP contribution in [-0.4, -0.2) is 17.0 Å². The molecule has 0 aliphatic carbocycles. The number of rotatable bonds is 2. The number of hydrogen-bond acceptors (Lipinski definition) is 2. The molecular formula is C18H9F12N3. The molecule has 180 valence electrons. The van der Waals surface area contributed by atoms with Crippen LogP contribution in [0.5, 0.6) is 0 Å². The van der Waals surface area contributed by atoms with Crippen molar-refractivity contribution < 1.29 is 52.7 Å². The van der Waals surface area contributed by atoms with E-state index in [9.17, 15) is 52.7 Å². The molecule has 1 N–H and O–H groups in total. The van der Waals surface area contributed by atoms with Crippen LogP contribution in [0.15, 0.2) is 30.3 Å². The summed E-state index contributed by atoms with van der Waals surface area (Å²) in [6.45, 7) is 0. The second-order valence-electron chi connectivity index (χ2n) is 6.80. The Balaban J connectivity index is 2.21. The van der Waals surface area contributed by atoms with Crippen molar-refractivity contribution in [1.29, 1.82) is 0 Å². The number of halogens is 12. The zero-order valence-electron chi connectivity index (χ0n) is 15.8. The highest BCUT2D eigenvalue weighted by Gasteiger charge is 2.40. The fourth-order valence-electron chi connectivity index (χ4n) is 2.90. The number of benzene rings is 2. The molecule has 0 radical (unpaired) electrons. The minimum Gasteiger partial charge on any atom is -0.324 e. The Morgan fingerprint density at radius 1 is 0.636 bits per heavy atom. The molecule has 0 amide bonds. The van der Waals surface area contributed by atoms with Gasteiger partial charge in [-0.2, -0.15) is 52.7 Å². The maximum atomic E-state index is 13.3. The van der Waals surface area contributed by atoms with Gasteiger partial charge in [-0.1, -0.05) is 0 Å². The minimum absolute atomic E-state index is 0.159. The molecule has 2 aromatic carbocycles. The van der Waals surface area contributed by atoms with E-state index in [1.54, 1.807) is 0 Å². The molecule has 1 aromatic heterocycles. The van der Waals surface area contributed by atoms with Crippen LogP contribution >= 0.6 is 0 Å². The molecular weight excluding hydrogens is 486 g/mol. The lowest BCUT2D eigenvalue weighted by Gasteiger charge is -2.20. The number of H-pyrrole nitrogens is 1. The highest BCUT2D eigenvalue weighted by Crippen LogP contribution is 2.42. The standard InChI is InChI=1S/C18H9F12N3/c1-33(10-3-7(15(19,20)21)2-8(4-10)16(22,23)24)14-31-12-6-9(17(25,26)27)5-11(13(12)32-14)18(28,29)30/h2-6H,1H3,(H,31,32). The first-order chi connectivity index (χ1) is 14.8. The number of anilines is 2. The van der Waals surface area contributed by atoms with Gasteiger partial charge in [-0.25, -0.2) is 4.98 Å². The van der Waals surface area contributed by atoms with Crippen molar-refractivity contribution in [1.82, 2.24) is 9.97 Å². The third-order valence-corrected chi connectivity index (χ3v) is 4.48. The van der Waals surface area contributed by atoms with Gasteiger partial charge >= 0.3 is 24.7 Å². The van der Waals surface area contributed by atoms with Gasteiger partial charge in [-0.3, -0.25) is 0 Å². The lowest BCUT2D eigenvalue weighted by Crippen LogP contribution is -2.16. The summed E-state index contributed by atoms with van der Waals surface area (Å²) >= 11 is 0. The van der Waals surface area contributed by atoms with Crippen molar-refractivity contribution in [2.45, 2.75) is 24.7 Å². The molecule has 0 aliphatic rings. The monoisotopic (exact) mass is 495 g/mol. The zero-order chi connectivity index (χ0) is 25.1. The van der Waals surface area contributed by atoms with Crippen molar-refractivity contribution in [3.8, 4) is 0 Å². The van der Waals surface area contributed by atoms with E-state index in [1.165, 1.54) is 0 Å². The number of aromatic amines is 1. The average Bonchev–Trinajstić information content (AvgIpc) is 3.07. The second kappa shape index (κ2) is 7.45. The van der Waals surface area contributed by atoms with E-state index in [4.69, 9.17) is 0 Å². The molecule has 0 unspecified atom stereocenters. The second-order valence-corrected chi connectivity index (χ2v) is 6.80. The molecule has 0 atom stereocenters. The first kappa shape index (κ1) is 24.5. The van der Waals surface area contributed by atoms with E-state index < -0.39 is 69.6 Å². The summed E-state index contributed by atoms with van der Waals surface area (Å²) in [5.41, 5.74) is -9.43. The van der Waals surface area contributed by atoms with Crippen LogP contribution in [-0.2, 0) is 24.7 Å². The van der Waals surface area contributed by atoms with E-state index >= 15 is 0 Å². The number of imidazole rings is 1. The summed E-state index contributed by atoms with van der Waals surface area (Å²) in [4.78, 5) is 6.12. The first-order valence-electron chi connectivity index (χ1n) is 8.50. The summed E-state index contributed by atoms with van der Waals surface area (Å²) in [5, 5.41) is 0. The Bertz CT molecular complexity index is 1150. The van der Waals surface area contributed by atoms with E-state index in [0.717, 1.165) is 7.05 Å². The van der Waals surface area contributed by atoms with Gasteiger partial charge in [0.15, 0.2) is 0 Å². The summed E-state index contributed by atoms with van der Waals surface area (Å²) < 4.78 is 157. The maximum absolute atomic E-state index is 13.3. The van der Waals surface area contributed by atoms with Crippen LogP contribution in [0, 0.1) is 0 Å².